The normalized spacial score (nSPS) is 10.3. The van der Waals surface area contributed by atoms with Crippen LogP contribution in [-0.4, -0.2) is 5.91 Å². The van der Waals surface area contributed by atoms with Gasteiger partial charge in [-0.25, -0.2) is 0 Å². The summed E-state index contributed by atoms with van der Waals surface area (Å²) in [5.74, 6) is -0.170. The standard InChI is InChI=1S/C15H15BrN2O/c1-9-4-3-5-10(2)14(9)18-15(19)12-8-11(17)6-7-13(12)16/h3-8H,17H2,1-2H3,(H,18,19). The van der Waals surface area contributed by atoms with Crippen LogP contribution in [0.3, 0.4) is 0 Å². The van der Waals surface area contributed by atoms with Crippen LogP contribution < -0.4 is 11.1 Å². The number of hydrogen-bond donors (Lipinski definition) is 2. The number of amides is 1. The molecule has 0 unspecified atom stereocenters. The molecule has 0 aromatic heterocycles. The van der Waals surface area contributed by atoms with Crippen molar-refractivity contribution in [2.45, 2.75) is 13.8 Å². The Morgan fingerprint density at radius 2 is 1.79 bits per heavy atom. The number of aryl methyl sites for hydroxylation is 2. The number of nitrogens with one attached hydrogen (secondary N) is 1. The molecule has 0 aliphatic heterocycles. The highest BCUT2D eigenvalue weighted by Crippen LogP contribution is 2.24. The van der Waals surface area contributed by atoms with Gasteiger partial charge in [-0.15, -0.1) is 0 Å². The first-order valence-corrected chi connectivity index (χ1v) is 6.71. The lowest BCUT2D eigenvalue weighted by molar-refractivity contribution is 0.102. The summed E-state index contributed by atoms with van der Waals surface area (Å²) < 4.78 is 0.727. The van der Waals surface area contributed by atoms with Gasteiger partial charge in [0.1, 0.15) is 0 Å². The molecule has 3 N–H and O–H groups in total. The number of benzene rings is 2. The summed E-state index contributed by atoms with van der Waals surface area (Å²) in [5, 5.41) is 2.94. The van der Waals surface area contributed by atoms with Crippen LogP contribution in [0.1, 0.15) is 21.5 Å². The minimum atomic E-state index is -0.170. The first kappa shape index (κ1) is 13.6. The van der Waals surface area contributed by atoms with E-state index in [-0.39, 0.29) is 5.91 Å². The number of hydrogen-bond acceptors (Lipinski definition) is 2. The summed E-state index contributed by atoms with van der Waals surface area (Å²) in [7, 11) is 0. The number of rotatable bonds is 2. The first-order chi connectivity index (χ1) is 8.99. The van der Waals surface area contributed by atoms with E-state index in [0.29, 0.717) is 11.3 Å². The lowest BCUT2D eigenvalue weighted by atomic mass is 10.1. The summed E-state index contributed by atoms with van der Waals surface area (Å²) >= 11 is 3.37. The van der Waals surface area contributed by atoms with Crippen LogP contribution in [-0.2, 0) is 0 Å². The minimum absolute atomic E-state index is 0.170. The molecule has 0 saturated heterocycles. The highest BCUT2D eigenvalue weighted by molar-refractivity contribution is 9.10. The molecule has 2 aromatic carbocycles. The molecular weight excluding hydrogens is 304 g/mol. The number of anilines is 2. The van der Waals surface area contributed by atoms with Gasteiger partial charge in [-0.3, -0.25) is 4.79 Å². The maximum atomic E-state index is 12.3. The quantitative estimate of drug-likeness (QED) is 0.825. The number of nitrogens with two attached hydrogens (primary N) is 1. The fourth-order valence-electron chi connectivity index (χ4n) is 1.91. The average molecular weight is 319 g/mol. The number of halogens is 1. The topological polar surface area (TPSA) is 55.1 Å². The monoisotopic (exact) mass is 318 g/mol. The molecule has 0 bridgehead atoms. The highest BCUT2D eigenvalue weighted by atomic mass is 79.9. The molecule has 2 rings (SSSR count). The molecule has 0 atom stereocenters. The minimum Gasteiger partial charge on any atom is -0.399 e. The van der Waals surface area contributed by atoms with E-state index in [4.69, 9.17) is 5.73 Å². The first-order valence-electron chi connectivity index (χ1n) is 5.91. The Hall–Kier alpha value is -1.81. The SMILES string of the molecule is Cc1cccc(C)c1NC(=O)c1cc(N)ccc1Br. The van der Waals surface area contributed by atoms with E-state index in [9.17, 15) is 4.79 Å². The second-order valence-electron chi connectivity index (χ2n) is 4.46. The molecule has 0 aliphatic carbocycles. The van der Waals surface area contributed by atoms with Crippen LogP contribution in [0.25, 0.3) is 0 Å². The van der Waals surface area contributed by atoms with Crippen molar-refractivity contribution in [1.82, 2.24) is 0 Å². The number of nitrogen functional groups attached to an aromatic ring is 1. The van der Waals surface area contributed by atoms with Crippen LogP contribution in [0.4, 0.5) is 11.4 Å². The van der Waals surface area contributed by atoms with Gasteiger partial charge in [0.05, 0.1) is 5.56 Å². The Labute approximate surface area is 121 Å². The molecule has 0 aliphatic rings. The van der Waals surface area contributed by atoms with Crippen molar-refractivity contribution in [2.24, 2.45) is 0 Å². The fraction of sp³-hybridized carbons (Fsp3) is 0.133. The van der Waals surface area contributed by atoms with Gasteiger partial charge in [-0.2, -0.15) is 0 Å². The Kier molecular flexibility index (Phi) is 3.90. The van der Waals surface area contributed by atoms with E-state index in [1.807, 2.05) is 32.0 Å². The van der Waals surface area contributed by atoms with Crippen molar-refractivity contribution in [3.05, 3.63) is 57.6 Å². The molecule has 1 amide bonds. The van der Waals surface area contributed by atoms with Gasteiger partial charge < -0.3 is 11.1 Å². The van der Waals surface area contributed by atoms with Crippen molar-refractivity contribution < 1.29 is 4.79 Å². The smallest absolute Gasteiger partial charge is 0.256 e. The van der Waals surface area contributed by atoms with E-state index in [2.05, 4.69) is 21.2 Å². The third kappa shape index (κ3) is 2.96. The molecule has 4 heteroatoms. The van der Waals surface area contributed by atoms with Crippen molar-refractivity contribution >= 4 is 33.2 Å². The summed E-state index contributed by atoms with van der Waals surface area (Å²) in [5.41, 5.74) is 9.73. The summed E-state index contributed by atoms with van der Waals surface area (Å²) in [6.07, 6.45) is 0. The zero-order valence-electron chi connectivity index (χ0n) is 10.8. The van der Waals surface area contributed by atoms with Crippen LogP contribution in [0.5, 0.6) is 0 Å². The molecule has 19 heavy (non-hydrogen) atoms. The molecule has 3 nitrogen and oxygen atoms in total. The second-order valence-corrected chi connectivity index (χ2v) is 5.31. The Bertz CT molecular complexity index is 618. The van der Waals surface area contributed by atoms with Gasteiger partial charge in [-0.1, -0.05) is 18.2 Å². The Balaban J connectivity index is 2.34. The zero-order valence-corrected chi connectivity index (χ0v) is 12.4. The van der Waals surface area contributed by atoms with Crippen molar-refractivity contribution in [3.8, 4) is 0 Å². The Morgan fingerprint density at radius 3 is 2.42 bits per heavy atom. The van der Waals surface area contributed by atoms with E-state index >= 15 is 0 Å². The van der Waals surface area contributed by atoms with Crippen molar-refractivity contribution in [3.63, 3.8) is 0 Å². The average Bonchev–Trinajstić information content (AvgIpc) is 2.37. The molecule has 0 spiro atoms. The molecule has 0 fully saturated rings. The lowest BCUT2D eigenvalue weighted by Crippen LogP contribution is -2.14. The summed E-state index contributed by atoms with van der Waals surface area (Å²) in [6, 6.07) is 11.1. The van der Waals surface area contributed by atoms with Crippen LogP contribution in [0, 0.1) is 13.8 Å². The van der Waals surface area contributed by atoms with Crippen molar-refractivity contribution in [2.75, 3.05) is 11.1 Å². The maximum Gasteiger partial charge on any atom is 0.256 e. The van der Waals surface area contributed by atoms with Crippen LogP contribution >= 0.6 is 15.9 Å². The van der Waals surface area contributed by atoms with Gasteiger partial charge in [0.25, 0.3) is 5.91 Å². The Morgan fingerprint density at radius 1 is 1.16 bits per heavy atom. The third-order valence-corrected chi connectivity index (χ3v) is 3.65. The number of para-hydroxylation sites is 1. The molecule has 0 radical (unpaired) electrons. The summed E-state index contributed by atoms with van der Waals surface area (Å²) in [6.45, 7) is 3.94. The molecular formula is C15H15BrN2O. The maximum absolute atomic E-state index is 12.3. The lowest BCUT2D eigenvalue weighted by Gasteiger charge is -2.12. The molecule has 98 valence electrons. The van der Waals surface area contributed by atoms with E-state index < -0.39 is 0 Å². The predicted molar refractivity (Wildman–Crippen MR) is 82.4 cm³/mol. The van der Waals surface area contributed by atoms with E-state index in [1.54, 1.807) is 18.2 Å². The van der Waals surface area contributed by atoms with E-state index in [0.717, 1.165) is 21.3 Å². The second kappa shape index (κ2) is 5.45. The number of carbonyl (C=O) groups is 1. The number of carbonyl (C=O) groups excluding carboxylic acids is 1. The third-order valence-electron chi connectivity index (χ3n) is 2.95. The van der Waals surface area contributed by atoms with Gasteiger partial charge in [0.2, 0.25) is 0 Å². The predicted octanol–water partition coefficient (Wildman–Crippen LogP) is 3.90. The van der Waals surface area contributed by atoms with Crippen molar-refractivity contribution in [1.29, 1.82) is 0 Å². The van der Waals surface area contributed by atoms with Gasteiger partial charge in [0, 0.05) is 15.8 Å². The highest BCUT2D eigenvalue weighted by Gasteiger charge is 2.12. The largest absolute Gasteiger partial charge is 0.399 e. The van der Waals surface area contributed by atoms with Gasteiger partial charge in [0.15, 0.2) is 0 Å². The van der Waals surface area contributed by atoms with Crippen LogP contribution in [0.2, 0.25) is 0 Å². The van der Waals surface area contributed by atoms with Crippen LogP contribution in [0.15, 0.2) is 40.9 Å². The summed E-state index contributed by atoms with van der Waals surface area (Å²) in [4.78, 5) is 12.3. The molecule has 0 heterocycles. The van der Waals surface area contributed by atoms with E-state index in [1.165, 1.54) is 0 Å². The molecule has 2 aromatic rings. The molecule has 0 saturated carbocycles. The zero-order chi connectivity index (χ0) is 14.0. The fourth-order valence-corrected chi connectivity index (χ4v) is 2.34. The van der Waals surface area contributed by atoms with Gasteiger partial charge >= 0.3 is 0 Å². The van der Waals surface area contributed by atoms with Gasteiger partial charge in [-0.05, 0) is 59.1 Å².